The summed E-state index contributed by atoms with van der Waals surface area (Å²) in [5.41, 5.74) is 0.917. The first-order valence-corrected chi connectivity index (χ1v) is 3.26. The summed E-state index contributed by atoms with van der Waals surface area (Å²) >= 11 is 4.19. The fourth-order valence-corrected chi connectivity index (χ4v) is 0.675. The number of rotatable bonds is 1. The molecule has 0 saturated carbocycles. The third-order valence-electron chi connectivity index (χ3n) is 1.05. The summed E-state index contributed by atoms with van der Waals surface area (Å²) in [7, 11) is 1.84. The van der Waals surface area contributed by atoms with Gasteiger partial charge < -0.3 is 0 Å². The molecule has 0 aliphatic carbocycles. The fraction of sp³-hybridized carbons (Fsp3) is 0.600. The lowest BCUT2D eigenvalue weighted by atomic mass is 10.4. The summed E-state index contributed by atoms with van der Waals surface area (Å²) in [6.07, 6.45) is 1.86. The Morgan fingerprint density at radius 3 is 2.67 bits per heavy atom. The largest absolute Gasteiger partial charge is 0.255 e. The van der Waals surface area contributed by atoms with Crippen molar-refractivity contribution in [3.05, 3.63) is 11.9 Å². The van der Waals surface area contributed by atoms with Crippen LogP contribution in [0.15, 0.2) is 6.20 Å². The first kappa shape index (κ1) is 6.61. The molecule has 0 aromatic carbocycles. The second-order valence-corrected chi connectivity index (χ2v) is 2.77. The van der Waals surface area contributed by atoms with E-state index in [0.717, 1.165) is 5.69 Å². The lowest BCUT2D eigenvalue weighted by Gasteiger charge is -1.92. The first-order chi connectivity index (χ1) is 4.20. The normalized spacial score (nSPS) is 13.7. The van der Waals surface area contributed by atoms with Crippen LogP contribution in [-0.4, -0.2) is 15.0 Å². The zero-order valence-corrected chi connectivity index (χ0v) is 6.34. The van der Waals surface area contributed by atoms with Gasteiger partial charge in [0.2, 0.25) is 0 Å². The number of thiol groups is 1. The molecular weight excluding hydrogens is 134 g/mol. The van der Waals surface area contributed by atoms with E-state index in [0.29, 0.717) is 0 Å². The van der Waals surface area contributed by atoms with Gasteiger partial charge in [-0.25, -0.2) is 0 Å². The molecule has 0 N–H and O–H groups in total. The summed E-state index contributed by atoms with van der Waals surface area (Å²) in [5, 5.41) is 7.79. The van der Waals surface area contributed by atoms with Crippen molar-refractivity contribution in [2.45, 2.75) is 12.2 Å². The summed E-state index contributed by atoms with van der Waals surface area (Å²) in [5.74, 6) is 0. The van der Waals surface area contributed by atoms with Crippen molar-refractivity contribution in [1.29, 1.82) is 0 Å². The van der Waals surface area contributed by atoms with E-state index in [1.54, 1.807) is 4.68 Å². The van der Waals surface area contributed by atoms with Crippen molar-refractivity contribution in [2.75, 3.05) is 0 Å². The Morgan fingerprint density at radius 2 is 2.44 bits per heavy atom. The number of nitrogens with zero attached hydrogens (tertiary/aromatic N) is 3. The molecular formula is C5H9N3S. The SMILES string of the molecule is CC(S)c1cn(C)nn1. The Morgan fingerprint density at radius 1 is 1.78 bits per heavy atom. The Hall–Kier alpha value is -0.510. The Kier molecular flexibility index (Phi) is 1.75. The Labute approximate surface area is 59.5 Å². The van der Waals surface area contributed by atoms with Crippen molar-refractivity contribution >= 4 is 12.6 Å². The van der Waals surface area contributed by atoms with Gasteiger partial charge in [-0.15, -0.1) is 5.10 Å². The van der Waals surface area contributed by atoms with Gasteiger partial charge in [-0.2, -0.15) is 12.6 Å². The highest BCUT2D eigenvalue weighted by Crippen LogP contribution is 2.13. The van der Waals surface area contributed by atoms with Gasteiger partial charge in [-0.3, -0.25) is 4.68 Å². The lowest BCUT2D eigenvalue weighted by Crippen LogP contribution is -1.85. The molecule has 1 aromatic rings. The van der Waals surface area contributed by atoms with E-state index in [2.05, 4.69) is 22.9 Å². The van der Waals surface area contributed by atoms with Gasteiger partial charge in [-0.05, 0) is 6.92 Å². The lowest BCUT2D eigenvalue weighted by molar-refractivity contribution is 0.713. The standard InChI is InChI=1S/C5H9N3S/c1-4(9)5-3-8(2)7-6-5/h3-4,9H,1-2H3. The van der Waals surface area contributed by atoms with E-state index in [1.807, 2.05) is 20.2 Å². The highest BCUT2D eigenvalue weighted by Gasteiger charge is 2.01. The molecule has 0 radical (unpaired) electrons. The molecule has 1 unspecified atom stereocenters. The van der Waals surface area contributed by atoms with Crippen LogP contribution in [0.2, 0.25) is 0 Å². The average Bonchev–Trinajstić information content (AvgIpc) is 2.14. The monoisotopic (exact) mass is 143 g/mol. The Bertz CT molecular complexity index is 194. The number of hydrogen-bond acceptors (Lipinski definition) is 3. The van der Waals surface area contributed by atoms with Crippen molar-refractivity contribution < 1.29 is 0 Å². The van der Waals surface area contributed by atoms with Crippen LogP contribution in [0, 0.1) is 0 Å². The molecule has 0 bridgehead atoms. The highest BCUT2D eigenvalue weighted by atomic mass is 32.1. The predicted octanol–water partition coefficient (Wildman–Crippen LogP) is 0.806. The maximum absolute atomic E-state index is 4.19. The number of hydrogen-bond donors (Lipinski definition) is 1. The molecule has 3 nitrogen and oxygen atoms in total. The third kappa shape index (κ3) is 1.45. The average molecular weight is 143 g/mol. The molecule has 0 amide bonds. The van der Waals surface area contributed by atoms with Crippen LogP contribution in [0.5, 0.6) is 0 Å². The molecule has 1 heterocycles. The van der Waals surface area contributed by atoms with E-state index >= 15 is 0 Å². The van der Waals surface area contributed by atoms with Gasteiger partial charge in [0, 0.05) is 18.5 Å². The van der Waals surface area contributed by atoms with E-state index in [1.165, 1.54) is 0 Å². The van der Waals surface area contributed by atoms with Crippen molar-refractivity contribution in [3.8, 4) is 0 Å². The van der Waals surface area contributed by atoms with Crippen LogP contribution in [0.1, 0.15) is 17.9 Å². The molecule has 1 aromatic heterocycles. The van der Waals surface area contributed by atoms with Crippen LogP contribution in [0.25, 0.3) is 0 Å². The highest BCUT2D eigenvalue weighted by molar-refractivity contribution is 7.80. The quantitative estimate of drug-likeness (QED) is 0.590. The number of aromatic nitrogens is 3. The maximum Gasteiger partial charge on any atom is 0.0951 e. The minimum absolute atomic E-state index is 0.179. The van der Waals surface area contributed by atoms with Crippen LogP contribution in [0.3, 0.4) is 0 Å². The Balaban J connectivity index is 2.85. The van der Waals surface area contributed by atoms with Crippen LogP contribution < -0.4 is 0 Å². The molecule has 0 spiro atoms. The molecule has 1 atom stereocenters. The smallest absolute Gasteiger partial charge is 0.0951 e. The molecule has 1 rings (SSSR count). The van der Waals surface area contributed by atoms with E-state index in [4.69, 9.17) is 0 Å². The van der Waals surface area contributed by atoms with Crippen molar-refractivity contribution in [2.24, 2.45) is 7.05 Å². The van der Waals surface area contributed by atoms with Crippen LogP contribution >= 0.6 is 12.6 Å². The first-order valence-electron chi connectivity index (χ1n) is 2.74. The van der Waals surface area contributed by atoms with Gasteiger partial charge >= 0.3 is 0 Å². The summed E-state index contributed by atoms with van der Waals surface area (Å²) < 4.78 is 1.67. The van der Waals surface area contributed by atoms with Gasteiger partial charge in [0.05, 0.1) is 5.69 Å². The zero-order valence-electron chi connectivity index (χ0n) is 5.44. The molecule has 0 aliphatic heterocycles. The third-order valence-corrected chi connectivity index (χ3v) is 1.31. The molecule has 0 fully saturated rings. The minimum atomic E-state index is 0.179. The van der Waals surface area contributed by atoms with Crippen LogP contribution in [-0.2, 0) is 7.05 Å². The van der Waals surface area contributed by atoms with Crippen molar-refractivity contribution in [3.63, 3.8) is 0 Å². The molecule has 4 heteroatoms. The van der Waals surface area contributed by atoms with Gasteiger partial charge in [-0.1, -0.05) is 5.21 Å². The zero-order chi connectivity index (χ0) is 6.85. The van der Waals surface area contributed by atoms with Gasteiger partial charge in [0.25, 0.3) is 0 Å². The second-order valence-electron chi connectivity index (χ2n) is 1.99. The topological polar surface area (TPSA) is 30.7 Å². The molecule has 0 aliphatic rings. The van der Waals surface area contributed by atoms with E-state index in [-0.39, 0.29) is 5.25 Å². The summed E-state index contributed by atoms with van der Waals surface area (Å²) in [6.45, 7) is 1.97. The molecule has 0 saturated heterocycles. The van der Waals surface area contributed by atoms with Crippen molar-refractivity contribution in [1.82, 2.24) is 15.0 Å². The van der Waals surface area contributed by atoms with Gasteiger partial charge in [0.1, 0.15) is 0 Å². The second kappa shape index (κ2) is 2.39. The molecule has 50 valence electrons. The van der Waals surface area contributed by atoms with E-state index in [9.17, 15) is 0 Å². The number of aryl methyl sites for hydroxylation is 1. The maximum atomic E-state index is 4.19. The predicted molar refractivity (Wildman–Crippen MR) is 38.4 cm³/mol. The summed E-state index contributed by atoms with van der Waals surface area (Å²) in [4.78, 5) is 0. The van der Waals surface area contributed by atoms with Crippen LogP contribution in [0.4, 0.5) is 0 Å². The van der Waals surface area contributed by atoms with E-state index < -0.39 is 0 Å². The van der Waals surface area contributed by atoms with Gasteiger partial charge in [0.15, 0.2) is 0 Å². The summed E-state index contributed by atoms with van der Waals surface area (Å²) in [6, 6.07) is 0. The fourth-order valence-electron chi connectivity index (χ4n) is 0.557. The minimum Gasteiger partial charge on any atom is -0.255 e. The molecule has 9 heavy (non-hydrogen) atoms.